The van der Waals surface area contributed by atoms with Crippen LogP contribution < -0.4 is 9.33 Å². The van der Waals surface area contributed by atoms with Crippen molar-refractivity contribution < 1.29 is 14.4 Å². The first-order valence-corrected chi connectivity index (χ1v) is 5.50. The molecule has 0 bridgehead atoms. The molecule has 0 saturated heterocycles. The number of aromatic nitrogens is 2. The minimum absolute atomic E-state index is 0. The fourth-order valence-corrected chi connectivity index (χ4v) is 2.77. The van der Waals surface area contributed by atoms with Gasteiger partial charge in [0.05, 0.1) is 0 Å². The Hall–Kier alpha value is 0.714. The third-order valence-electron chi connectivity index (χ3n) is 0.943. The fourth-order valence-electron chi connectivity index (χ4n) is 0.545. The van der Waals surface area contributed by atoms with Crippen molar-refractivity contribution in [2.45, 2.75) is 0 Å². The summed E-state index contributed by atoms with van der Waals surface area (Å²) in [5.74, 6) is 0. The quantitative estimate of drug-likeness (QED) is 0.733. The van der Waals surface area contributed by atoms with Crippen molar-refractivity contribution in [3.05, 3.63) is 22.9 Å². The van der Waals surface area contributed by atoms with Gasteiger partial charge in [-0.25, -0.2) is 0 Å². The minimum atomic E-state index is 0. The summed E-state index contributed by atoms with van der Waals surface area (Å²) in [7, 11) is 0. The zero-order chi connectivity index (χ0) is 7.52. The van der Waals surface area contributed by atoms with Gasteiger partial charge in [0.25, 0.3) is 0 Å². The molecule has 2 aromatic heterocycles. The predicted molar refractivity (Wildman–Crippen MR) is 64.1 cm³/mol. The first-order chi connectivity index (χ1) is 5.45. The maximum absolute atomic E-state index is 4.17. The van der Waals surface area contributed by atoms with Crippen LogP contribution in [0, 0.1) is 0 Å². The van der Waals surface area contributed by atoms with E-state index in [0.717, 1.165) is 9.33 Å². The first-order valence-electron chi connectivity index (χ1n) is 2.84. The van der Waals surface area contributed by atoms with Gasteiger partial charge in [0.1, 0.15) is 0 Å². The van der Waals surface area contributed by atoms with E-state index in [1.807, 2.05) is 22.9 Å². The van der Waals surface area contributed by atoms with Crippen molar-refractivity contribution in [2.75, 3.05) is 0 Å². The van der Waals surface area contributed by atoms with Crippen LogP contribution in [0.2, 0.25) is 0 Å². The van der Waals surface area contributed by atoms with Crippen LogP contribution in [0.3, 0.4) is 0 Å². The second kappa shape index (κ2) is 7.06. The molecular weight excluding hydrogens is 383 g/mol. The van der Waals surface area contributed by atoms with Gasteiger partial charge in [0, 0.05) is 0 Å². The van der Waals surface area contributed by atoms with E-state index in [2.05, 4.69) is 8.75 Å². The molecule has 0 aromatic carbocycles. The van der Waals surface area contributed by atoms with Crippen LogP contribution in [-0.2, 0) is 14.4 Å². The topological polar surface area (TPSA) is 25.8 Å². The standard InChI is InChI=1S/2C3H2NS.2BrH.Ni/c2*1-2-4-5-3-1;;;/h2*1,3H;2*1H;. The van der Waals surface area contributed by atoms with Gasteiger partial charge in [-0.1, -0.05) is 0 Å². The Labute approximate surface area is 111 Å². The van der Waals surface area contributed by atoms with Gasteiger partial charge in [0.15, 0.2) is 0 Å². The Bertz CT molecular complexity index is 279. The molecule has 2 heterocycles. The summed E-state index contributed by atoms with van der Waals surface area (Å²) < 4.78 is 10.4. The van der Waals surface area contributed by atoms with Crippen molar-refractivity contribution in [2.24, 2.45) is 0 Å². The summed E-state index contributed by atoms with van der Waals surface area (Å²) in [5.41, 5.74) is 0. The Morgan fingerprint density at radius 1 is 0.923 bits per heavy atom. The third kappa shape index (κ3) is 4.17. The average molecular weight is 389 g/mol. The van der Waals surface area contributed by atoms with E-state index >= 15 is 0 Å². The van der Waals surface area contributed by atoms with Crippen LogP contribution in [0.15, 0.2) is 22.9 Å². The molecule has 0 atom stereocenters. The summed E-state index contributed by atoms with van der Waals surface area (Å²) in [5, 5.41) is 3.94. The maximum atomic E-state index is 4.17. The molecule has 0 aliphatic carbocycles. The number of hydrogen-bond acceptors (Lipinski definition) is 4. The van der Waals surface area contributed by atoms with Crippen LogP contribution in [-0.4, -0.2) is 8.75 Å². The van der Waals surface area contributed by atoms with Gasteiger partial charge in [-0.3, -0.25) is 0 Å². The van der Waals surface area contributed by atoms with Crippen molar-refractivity contribution in [3.8, 4) is 0 Å². The predicted octanol–water partition coefficient (Wildman–Crippen LogP) is 1.79. The van der Waals surface area contributed by atoms with Crippen LogP contribution in [0.25, 0.3) is 0 Å². The molecular formula is C6H6Br2N2NiS2. The van der Waals surface area contributed by atoms with E-state index in [1.165, 1.54) is 37.5 Å². The SMILES string of the molecule is Br.Br.c1c[c]([Ni][c]2ccsn2)ns1. The average Bonchev–Trinajstić information content (AvgIpc) is 2.60. The van der Waals surface area contributed by atoms with E-state index < -0.39 is 0 Å². The Kier molecular flexibility index (Phi) is 7.45. The van der Waals surface area contributed by atoms with Gasteiger partial charge in [-0.15, -0.1) is 34.0 Å². The molecule has 2 rings (SSSR count). The zero-order valence-corrected chi connectivity index (χ0v) is 12.2. The second-order valence-electron chi connectivity index (χ2n) is 1.66. The monoisotopic (exact) mass is 386 g/mol. The number of rotatable bonds is 2. The van der Waals surface area contributed by atoms with E-state index in [4.69, 9.17) is 0 Å². The van der Waals surface area contributed by atoms with E-state index in [-0.39, 0.29) is 34.0 Å². The van der Waals surface area contributed by atoms with Crippen molar-refractivity contribution in [3.63, 3.8) is 0 Å². The Balaban J connectivity index is 0.000000720. The van der Waals surface area contributed by atoms with Crippen molar-refractivity contribution in [1.82, 2.24) is 8.75 Å². The summed E-state index contributed by atoms with van der Waals surface area (Å²) in [6, 6.07) is 4.01. The molecule has 0 saturated carbocycles. The molecule has 0 fully saturated rings. The normalized spacial score (nSPS) is 8.92. The van der Waals surface area contributed by atoms with Crippen LogP contribution in [0.4, 0.5) is 0 Å². The molecule has 0 amide bonds. The molecule has 76 valence electrons. The first kappa shape index (κ1) is 13.7. The molecule has 2 nitrogen and oxygen atoms in total. The Morgan fingerprint density at radius 2 is 1.38 bits per heavy atom. The van der Waals surface area contributed by atoms with Crippen LogP contribution in [0.5, 0.6) is 0 Å². The molecule has 0 radical (unpaired) electrons. The number of nitrogens with zero attached hydrogens (tertiary/aromatic N) is 2. The molecule has 0 aliphatic rings. The molecule has 0 unspecified atom stereocenters. The molecule has 2 aromatic rings. The zero-order valence-electron chi connectivity index (χ0n) is 6.15. The van der Waals surface area contributed by atoms with Gasteiger partial charge in [-0.05, 0) is 0 Å². The van der Waals surface area contributed by atoms with E-state index in [9.17, 15) is 0 Å². The number of hydrogen-bond donors (Lipinski definition) is 0. The molecule has 0 N–H and O–H groups in total. The van der Waals surface area contributed by atoms with Crippen molar-refractivity contribution >= 4 is 66.4 Å². The Morgan fingerprint density at radius 3 is 1.69 bits per heavy atom. The summed E-state index contributed by atoms with van der Waals surface area (Å²) in [6.45, 7) is 0. The van der Waals surface area contributed by atoms with Crippen LogP contribution in [0.1, 0.15) is 0 Å². The summed E-state index contributed by atoms with van der Waals surface area (Å²) >= 11 is 4.36. The fraction of sp³-hybridized carbons (Fsp3) is 0. The molecule has 7 heteroatoms. The van der Waals surface area contributed by atoms with Gasteiger partial charge in [-0.2, -0.15) is 0 Å². The van der Waals surface area contributed by atoms with Gasteiger partial charge < -0.3 is 0 Å². The van der Waals surface area contributed by atoms with Crippen LogP contribution >= 0.6 is 57.0 Å². The molecule has 0 aliphatic heterocycles. The van der Waals surface area contributed by atoms with Gasteiger partial charge in [0.2, 0.25) is 0 Å². The third-order valence-corrected chi connectivity index (χ3v) is 3.37. The van der Waals surface area contributed by atoms with E-state index in [0.29, 0.717) is 0 Å². The number of halogens is 2. The van der Waals surface area contributed by atoms with Gasteiger partial charge >= 0.3 is 78.5 Å². The summed E-state index contributed by atoms with van der Waals surface area (Å²) in [6.07, 6.45) is 0. The second-order valence-corrected chi connectivity index (χ2v) is 4.25. The van der Waals surface area contributed by atoms with Crippen molar-refractivity contribution in [1.29, 1.82) is 0 Å². The molecule has 0 spiro atoms. The molecule has 13 heavy (non-hydrogen) atoms. The van der Waals surface area contributed by atoms with E-state index in [1.54, 1.807) is 0 Å². The summed E-state index contributed by atoms with van der Waals surface area (Å²) in [4.78, 5) is 0.